The lowest BCUT2D eigenvalue weighted by molar-refractivity contribution is 0.417. The van der Waals surface area contributed by atoms with Gasteiger partial charge in [-0.15, -0.1) is 11.6 Å². The summed E-state index contributed by atoms with van der Waals surface area (Å²) in [6.07, 6.45) is 0.941. The van der Waals surface area contributed by atoms with Crippen LogP contribution in [0.5, 0.6) is 5.75 Å². The maximum absolute atomic E-state index is 9.09. The minimum Gasteiger partial charge on any atom is -0.508 e. The molecule has 1 aromatic rings. The Morgan fingerprint density at radius 2 is 1.77 bits per heavy atom. The number of halogens is 1. The average Bonchev–Trinajstić information content (AvgIpc) is 2.09. The smallest absolute Gasteiger partial charge is 0.115 e. The van der Waals surface area contributed by atoms with E-state index in [1.54, 1.807) is 12.1 Å². The summed E-state index contributed by atoms with van der Waals surface area (Å²) in [5, 5.41) is 9.09. The van der Waals surface area contributed by atoms with Crippen LogP contribution in [0.25, 0.3) is 0 Å². The highest BCUT2D eigenvalue weighted by Crippen LogP contribution is 2.24. The standard InChI is InChI=1S/C11H15ClO/c1-11(2,8-12)7-9-3-5-10(13)6-4-9/h3-6,13H,7-8H2,1-2H3. The number of hydrogen-bond donors (Lipinski definition) is 1. The van der Waals surface area contributed by atoms with Gasteiger partial charge in [-0.3, -0.25) is 0 Å². The van der Waals surface area contributed by atoms with Gasteiger partial charge in [0.05, 0.1) is 0 Å². The monoisotopic (exact) mass is 198 g/mol. The molecular weight excluding hydrogens is 184 g/mol. The number of hydrogen-bond acceptors (Lipinski definition) is 1. The number of benzene rings is 1. The van der Waals surface area contributed by atoms with Crippen molar-refractivity contribution in [2.45, 2.75) is 20.3 Å². The van der Waals surface area contributed by atoms with Crippen LogP contribution in [-0.4, -0.2) is 11.0 Å². The second-order valence-corrected chi connectivity index (χ2v) is 4.41. The molecule has 0 saturated heterocycles. The first-order valence-electron chi connectivity index (χ1n) is 4.37. The fourth-order valence-corrected chi connectivity index (χ4v) is 1.31. The van der Waals surface area contributed by atoms with E-state index in [0.29, 0.717) is 11.6 Å². The van der Waals surface area contributed by atoms with Gasteiger partial charge in [0, 0.05) is 5.88 Å². The molecule has 1 rings (SSSR count). The van der Waals surface area contributed by atoms with E-state index >= 15 is 0 Å². The molecule has 0 aliphatic heterocycles. The number of phenols is 1. The fourth-order valence-electron chi connectivity index (χ4n) is 1.21. The van der Waals surface area contributed by atoms with Crippen molar-refractivity contribution in [2.24, 2.45) is 5.41 Å². The van der Waals surface area contributed by atoms with Crippen molar-refractivity contribution in [3.8, 4) is 5.75 Å². The van der Waals surface area contributed by atoms with Crippen molar-refractivity contribution in [3.05, 3.63) is 29.8 Å². The molecule has 1 N–H and O–H groups in total. The molecule has 0 fully saturated rings. The fraction of sp³-hybridized carbons (Fsp3) is 0.455. The van der Waals surface area contributed by atoms with E-state index in [1.165, 1.54) is 5.56 Å². The molecule has 1 aromatic carbocycles. The molecule has 2 heteroatoms. The van der Waals surface area contributed by atoms with Crippen LogP contribution in [0.15, 0.2) is 24.3 Å². The summed E-state index contributed by atoms with van der Waals surface area (Å²) in [6, 6.07) is 7.28. The number of rotatable bonds is 3. The van der Waals surface area contributed by atoms with Crippen molar-refractivity contribution < 1.29 is 5.11 Å². The molecule has 0 radical (unpaired) electrons. The van der Waals surface area contributed by atoms with Crippen molar-refractivity contribution in [1.82, 2.24) is 0 Å². The van der Waals surface area contributed by atoms with Crippen LogP contribution in [0, 0.1) is 5.41 Å². The van der Waals surface area contributed by atoms with Gasteiger partial charge in [-0.25, -0.2) is 0 Å². The third kappa shape index (κ3) is 3.27. The van der Waals surface area contributed by atoms with Crippen molar-refractivity contribution in [3.63, 3.8) is 0 Å². The van der Waals surface area contributed by atoms with E-state index < -0.39 is 0 Å². The Balaban J connectivity index is 2.69. The van der Waals surface area contributed by atoms with E-state index in [1.807, 2.05) is 12.1 Å². The highest BCUT2D eigenvalue weighted by molar-refractivity contribution is 6.18. The van der Waals surface area contributed by atoms with E-state index in [9.17, 15) is 0 Å². The molecule has 13 heavy (non-hydrogen) atoms. The molecule has 0 bridgehead atoms. The van der Waals surface area contributed by atoms with Gasteiger partial charge in [0.1, 0.15) is 5.75 Å². The first kappa shape index (κ1) is 10.4. The Morgan fingerprint density at radius 1 is 1.23 bits per heavy atom. The highest BCUT2D eigenvalue weighted by atomic mass is 35.5. The zero-order valence-electron chi connectivity index (χ0n) is 8.05. The van der Waals surface area contributed by atoms with Gasteiger partial charge in [0.15, 0.2) is 0 Å². The molecule has 0 spiro atoms. The lowest BCUT2D eigenvalue weighted by Gasteiger charge is -2.21. The normalized spacial score (nSPS) is 11.6. The first-order valence-corrected chi connectivity index (χ1v) is 4.91. The van der Waals surface area contributed by atoms with Gasteiger partial charge >= 0.3 is 0 Å². The van der Waals surface area contributed by atoms with Gasteiger partial charge in [-0.05, 0) is 29.5 Å². The quantitative estimate of drug-likeness (QED) is 0.740. The molecule has 0 unspecified atom stereocenters. The number of alkyl halides is 1. The predicted octanol–water partition coefficient (Wildman–Crippen LogP) is 3.20. The summed E-state index contributed by atoms with van der Waals surface area (Å²) in [6.45, 7) is 4.26. The lowest BCUT2D eigenvalue weighted by Crippen LogP contribution is -2.16. The second kappa shape index (κ2) is 4.01. The first-order chi connectivity index (χ1) is 6.03. The van der Waals surface area contributed by atoms with Gasteiger partial charge in [0.25, 0.3) is 0 Å². The summed E-state index contributed by atoms with van der Waals surface area (Å²) >= 11 is 5.82. The van der Waals surface area contributed by atoms with Crippen LogP contribution in [0.2, 0.25) is 0 Å². The molecule has 0 saturated carbocycles. The zero-order chi connectivity index (χ0) is 9.90. The molecule has 0 atom stereocenters. The molecule has 0 aliphatic carbocycles. The van der Waals surface area contributed by atoms with Gasteiger partial charge in [0.2, 0.25) is 0 Å². The highest BCUT2D eigenvalue weighted by Gasteiger charge is 2.16. The molecular formula is C11H15ClO. The maximum atomic E-state index is 9.09. The van der Waals surface area contributed by atoms with E-state index in [-0.39, 0.29) is 5.41 Å². The summed E-state index contributed by atoms with van der Waals surface area (Å²) < 4.78 is 0. The largest absolute Gasteiger partial charge is 0.508 e. The van der Waals surface area contributed by atoms with E-state index in [4.69, 9.17) is 16.7 Å². The Morgan fingerprint density at radius 3 is 2.23 bits per heavy atom. The lowest BCUT2D eigenvalue weighted by atomic mass is 9.88. The zero-order valence-corrected chi connectivity index (χ0v) is 8.80. The van der Waals surface area contributed by atoms with Gasteiger partial charge in [-0.1, -0.05) is 26.0 Å². The molecule has 1 nitrogen and oxygen atoms in total. The topological polar surface area (TPSA) is 20.2 Å². The van der Waals surface area contributed by atoms with Crippen LogP contribution in [0.4, 0.5) is 0 Å². The Kier molecular flexibility index (Phi) is 3.21. The SMILES string of the molecule is CC(C)(CCl)Cc1ccc(O)cc1. The summed E-state index contributed by atoms with van der Waals surface area (Å²) in [5.74, 6) is 0.959. The molecule has 0 aromatic heterocycles. The van der Waals surface area contributed by atoms with E-state index in [0.717, 1.165) is 6.42 Å². The third-order valence-electron chi connectivity index (χ3n) is 1.98. The third-order valence-corrected chi connectivity index (χ3v) is 2.70. The molecule has 0 heterocycles. The van der Waals surface area contributed by atoms with Crippen molar-refractivity contribution in [2.75, 3.05) is 5.88 Å². The second-order valence-electron chi connectivity index (χ2n) is 4.14. The number of aromatic hydroxyl groups is 1. The van der Waals surface area contributed by atoms with Crippen molar-refractivity contribution >= 4 is 11.6 Å². The minimum absolute atomic E-state index is 0.124. The Labute approximate surface area is 84.4 Å². The average molecular weight is 199 g/mol. The molecule has 0 amide bonds. The minimum atomic E-state index is 0.124. The Hall–Kier alpha value is -0.690. The predicted molar refractivity (Wildman–Crippen MR) is 56.3 cm³/mol. The van der Waals surface area contributed by atoms with Crippen LogP contribution in [0.1, 0.15) is 19.4 Å². The summed E-state index contributed by atoms with van der Waals surface area (Å²) in [7, 11) is 0. The van der Waals surface area contributed by atoms with Crippen LogP contribution in [-0.2, 0) is 6.42 Å². The van der Waals surface area contributed by atoms with Crippen LogP contribution in [0.3, 0.4) is 0 Å². The molecule has 0 aliphatic rings. The Bertz CT molecular complexity index is 264. The molecule has 72 valence electrons. The number of phenolic OH excluding ortho intramolecular Hbond substituents is 1. The summed E-state index contributed by atoms with van der Waals surface area (Å²) in [5.41, 5.74) is 1.34. The van der Waals surface area contributed by atoms with Gasteiger partial charge < -0.3 is 5.11 Å². The van der Waals surface area contributed by atoms with E-state index in [2.05, 4.69) is 13.8 Å². The van der Waals surface area contributed by atoms with Gasteiger partial charge in [-0.2, -0.15) is 0 Å². The van der Waals surface area contributed by atoms with Crippen molar-refractivity contribution in [1.29, 1.82) is 0 Å². The summed E-state index contributed by atoms with van der Waals surface area (Å²) in [4.78, 5) is 0. The maximum Gasteiger partial charge on any atom is 0.115 e. The van der Waals surface area contributed by atoms with Crippen LogP contribution >= 0.6 is 11.6 Å². The van der Waals surface area contributed by atoms with Crippen LogP contribution < -0.4 is 0 Å².